The molecule has 4 rings (SSSR count). The summed E-state index contributed by atoms with van der Waals surface area (Å²) < 4.78 is 24.5. The Hall–Kier alpha value is -3.69. The molecule has 1 aliphatic rings. The second-order valence-corrected chi connectivity index (χ2v) is 9.47. The zero-order chi connectivity index (χ0) is 25.7. The lowest BCUT2D eigenvalue weighted by Gasteiger charge is -2.14. The Morgan fingerprint density at radius 1 is 1.08 bits per heavy atom. The first-order valence-electron chi connectivity index (χ1n) is 11.1. The normalized spacial score (nSPS) is 14.3. The molecule has 0 bridgehead atoms. The number of rotatable bonds is 8. The number of benzene rings is 3. The van der Waals surface area contributed by atoms with Crippen LogP contribution < -0.4 is 19.7 Å². The highest BCUT2D eigenvalue weighted by atomic mass is 32.2. The quantitative estimate of drug-likeness (QED) is 0.297. The molecule has 6 nitrogen and oxygen atoms in total. The van der Waals surface area contributed by atoms with Crippen molar-refractivity contribution in [3.63, 3.8) is 0 Å². The van der Waals surface area contributed by atoms with Gasteiger partial charge in [-0.05, 0) is 72.2 Å². The molecule has 0 aliphatic carbocycles. The highest BCUT2D eigenvalue weighted by molar-refractivity contribution is 8.27. The van der Waals surface area contributed by atoms with Crippen molar-refractivity contribution in [3.05, 3.63) is 88.6 Å². The average Bonchev–Trinajstić information content (AvgIpc) is 3.16. The number of amides is 2. The molecule has 184 valence electrons. The maximum absolute atomic E-state index is 13.1. The number of thioether (sulfide) groups is 1. The van der Waals surface area contributed by atoms with E-state index in [4.69, 9.17) is 21.7 Å². The number of hydrogen-bond acceptors (Lipinski definition) is 6. The summed E-state index contributed by atoms with van der Waals surface area (Å²) >= 11 is 6.70. The number of halogens is 1. The van der Waals surface area contributed by atoms with E-state index in [1.807, 2.05) is 24.3 Å². The van der Waals surface area contributed by atoms with Crippen LogP contribution in [0.4, 0.5) is 15.8 Å². The molecular weight excluding hydrogens is 499 g/mol. The molecule has 3 aromatic carbocycles. The first-order chi connectivity index (χ1) is 17.4. The van der Waals surface area contributed by atoms with Crippen LogP contribution in [0, 0.1) is 5.82 Å². The zero-order valence-electron chi connectivity index (χ0n) is 19.6. The Balaban J connectivity index is 1.44. The van der Waals surface area contributed by atoms with E-state index < -0.39 is 5.91 Å². The largest absolute Gasteiger partial charge is 0.493 e. The topological polar surface area (TPSA) is 67.9 Å². The summed E-state index contributed by atoms with van der Waals surface area (Å²) in [4.78, 5) is 27.3. The number of aryl methyl sites for hydroxylation is 1. The third-order valence-electron chi connectivity index (χ3n) is 5.37. The van der Waals surface area contributed by atoms with Gasteiger partial charge in [0.15, 0.2) is 22.4 Å². The van der Waals surface area contributed by atoms with Gasteiger partial charge in [-0.3, -0.25) is 14.5 Å². The fourth-order valence-corrected chi connectivity index (χ4v) is 4.79. The summed E-state index contributed by atoms with van der Waals surface area (Å²) in [6, 6.07) is 18.4. The Morgan fingerprint density at radius 3 is 2.47 bits per heavy atom. The number of ether oxygens (including phenoxy) is 2. The first kappa shape index (κ1) is 25.4. The second kappa shape index (κ2) is 11.4. The van der Waals surface area contributed by atoms with E-state index >= 15 is 0 Å². The molecule has 1 fully saturated rings. The van der Waals surface area contributed by atoms with Gasteiger partial charge >= 0.3 is 0 Å². The molecule has 1 aliphatic heterocycles. The SMILES string of the molecule is CCc1ccc(N2C(=O)/C(=C/c3ccc(OCC(=O)Nc4ccc(F)cc4)c(OC)c3)SC2=S)cc1. The van der Waals surface area contributed by atoms with Crippen molar-refractivity contribution >= 4 is 57.6 Å². The summed E-state index contributed by atoms with van der Waals surface area (Å²) in [6.45, 7) is 1.81. The van der Waals surface area contributed by atoms with Crippen LogP contribution in [0.15, 0.2) is 71.6 Å². The van der Waals surface area contributed by atoms with E-state index in [2.05, 4.69) is 12.2 Å². The predicted octanol–water partition coefficient (Wildman–Crippen LogP) is 5.82. The van der Waals surface area contributed by atoms with Crippen molar-refractivity contribution in [2.75, 3.05) is 23.9 Å². The van der Waals surface area contributed by atoms with Crippen molar-refractivity contribution in [1.29, 1.82) is 0 Å². The third-order valence-corrected chi connectivity index (χ3v) is 6.67. The molecule has 0 spiro atoms. The first-order valence-corrected chi connectivity index (χ1v) is 12.3. The van der Waals surface area contributed by atoms with Gasteiger partial charge in [0.1, 0.15) is 5.82 Å². The lowest BCUT2D eigenvalue weighted by molar-refractivity contribution is -0.118. The number of nitrogens with zero attached hydrogens (tertiary/aromatic N) is 1. The van der Waals surface area contributed by atoms with E-state index in [1.165, 1.54) is 53.6 Å². The van der Waals surface area contributed by atoms with Crippen molar-refractivity contribution in [2.24, 2.45) is 0 Å². The van der Waals surface area contributed by atoms with E-state index in [0.717, 1.165) is 17.7 Å². The Kier molecular flexibility index (Phi) is 8.02. The molecule has 0 radical (unpaired) electrons. The minimum Gasteiger partial charge on any atom is -0.493 e. The summed E-state index contributed by atoms with van der Waals surface area (Å²) in [6.07, 6.45) is 2.66. The molecule has 0 atom stereocenters. The van der Waals surface area contributed by atoms with Crippen LogP contribution in [-0.4, -0.2) is 29.9 Å². The highest BCUT2D eigenvalue weighted by Gasteiger charge is 2.33. The Labute approximate surface area is 218 Å². The second-order valence-electron chi connectivity index (χ2n) is 7.79. The van der Waals surface area contributed by atoms with Gasteiger partial charge in [0.05, 0.1) is 17.7 Å². The number of thiocarbonyl (C=S) groups is 1. The molecule has 2 amide bonds. The monoisotopic (exact) mass is 522 g/mol. The lowest BCUT2D eigenvalue weighted by atomic mass is 10.1. The number of nitrogens with one attached hydrogen (secondary N) is 1. The van der Waals surface area contributed by atoms with Crippen molar-refractivity contribution in [1.82, 2.24) is 0 Å². The lowest BCUT2D eigenvalue weighted by Crippen LogP contribution is -2.27. The van der Waals surface area contributed by atoms with Crippen LogP contribution in [0.3, 0.4) is 0 Å². The van der Waals surface area contributed by atoms with Gasteiger partial charge in [0.2, 0.25) is 0 Å². The minimum absolute atomic E-state index is 0.189. The minimum atomic E-state index is -0.400. The van der Waals surface area contributed by atoms with Gasteiger partial charge in [0.25, 0.3) is 11.8 Å². The van der Waals surface area contributed by atoms with E-state index in [0.29, 0.717) is 26.4 Å². The van der Waals surface area contributed by atoms with Crippen molar-refractivity contribution < 1.29 is 23.5 Å². The highest BCUT2D eigenvalue weighted by Crippen LogP contribution is 2.37. The third kappa shape index (κ3) is 5.92. The summed E-state index contributed by atoms with van der Waals surface area (Å²) in [5, 5.41) is 2.63. The van der Waals surface area contributed by atoms with Crippen molar-refractivity contribution in [2.45, 2.75) is 13.3 Å². The molecule has 0 saturated carbocycles. The van der Waals surface area contributed by atoms with Crippen LogP contribution in [0.5, 0.6) is 11.5 Å². The van der Waals surface area contributed by atoms with Gasteiger partial charge in [-0.1, -0.05) is 49.1 Å². The molecule has 3 aromatic rings. The summed E-state index contributed by atoms with van der Waals surface area (Å²) in [5.74, 6) is -0.201. The standard InChI is InChI=1S/C27H23FN2O4S2/c1-3-17-4-11-21(12-5-17)30-26(32)24(36-27(30)35)15-18-6-13-22(23(14-18)33-2)34-16-25(31)29-20-9-7-19(28)8-10-20/h4-15H,3,16H2,1-2H3,(H,29,31)/b24-15-. The van der Waals surface area contributed by atoms with Crippen LogP contribution in [0.2, 0.25) is 0 Å². The summed E-state index contributed by atoms with van der Waals surface area (Å²) in [7, 11) is 1.49. The smallest absolute Gasteiger partial charge is 0.270 e. The molecular formula is C27H23FN2O4S2. The average molecular weight is 523 g/mol. The molecule has 0 unspecified atom stereocenters. The van der Waals surface area contributed by atoms with Crippen LogP contribution in [0.25, 0.3) is 6.08 Å². The van der Waals surface area contributed by atoms with Gasteiger partial charge in [0, 0.05) is 5.69 Å². The number of anilines is 2. The van der Waals surface area contributed by atoms with Crippen LogP contribution in [-0.2, 0) is 16.0 Å². The van der Waals surface area contributed by atoms with Gasteiger partial charge in [-0.25, -0.2) is 4.39 Å². The number of hydrogen-bond donors (Lipinski definition) is 1. The Morgan fingerprint density at radius 2 is 1.81 bits per heavy atom. The van der Waals surface area contributed by atoms with Gasteiger partial charge < -0.3 is 14.8 Å². The molecule has 1 saturated heterocycles. The fraction of sp³-hybridized carbons (Fsp3) is 0.148. The maximum Gasteiger partial charge on any atom is 0.270 e. The van der Waals surface area contributed by atoms with E-state index in [-0.39, 0.29) is 18.3 Å². The predicted molar refractivity (Wildman–Crippen MR) is 145 cm³/mol. The summed E-state index contributed by atoms with van der Waals surface area (Å²) in [5.41, 5.74) is 3.10. The molecule has 1 N–H and O–H groups in total. The Bertz CT molecular complexity index is 1320. The fourth-order valence-electron chi connectivity index (χ4n) is 3.49. The number of carbonyl (C=O) groups excluding carboxylic acids is 2. The molecule has 0 aromatic heterocycles. The molecule has 36 heavy (non-hydrogen) atoms. The zero-order valence-corrected chi connectivity index (χ0v) is 21.3. The van der Waals surface area contributed by atoms with E-state index in [1.54, 1.807) is 24.3 Å². The van der Waals surface area contributed by atoms with Gasteiger partial charge in [-0.2, -0.15) is 0 Å². The molecule has 1 heterocycles. The van der Waals surface area contributed by atoms with Crippen LogP contribution in [0.1, 0.15) is 18.1 Å². The number of methoxy groups -OCH3 is 1. The number of carbonyl (C=O) groups is 2. The van der Waals surface area contributed by atoms with Crippen molar-refractivity contribution in [3.8, 4) is 11.5 Å². The van der Waals surface area contributed by atoms with Gasteiger partial charge in [-0.15, -0.1) is 0 Å². The molecule has 9 heteroatoms. The maximum atomic E-state index is 13.1. The van der Waals surface area contributed by atoms with E-state index in [9.17, 15) is 14.0 Å². The van der Waals surface area contributed by atoms with Crippen LogP contribution >= 0.6 is 24.0 Å².